The molecule has 5 nitrogen and oxygen atoms in total. The van der Waals surface area contributed by atoms with Gasteiger partial charge in [-0.1, -0.05) is 19.9 Å². The van der Waals surface area contributed by atoms with E-state index in [0.29, 0.717) is 18.1 Å². The van der Waals surface area contributed by atoms with Crippen molar-refractivity contribution in [2.24, 2.45) is 17.8 Å². The number of allylic oxidation sites excluding steroid dienone is 1. The summed E-state index contributed by atoms with van der Waals surface area (Å²) < 4.78 is 5.42. The van der Waals surface area contributed by atoms with Crippen LogP contribution in [0.15, 0.2) is 23.4 Å². The summed E-state index contributed by atoms with van der Waals surface area (Å²) in [5.41, 5.74) is 2.28. The SMILES string of the molecule is CCC(=O)O[C@H]1C=CC2=C(C[C@@H]3C(=O)[C@@H](C)C[C@]24NCCC[C@@H]34)N1. The van der Waals surface area contributed by atoms with Gasteiger partial charge < -0.3 is 15.4 Å². The molecule has 2 aliphatic carbocycles. The van der Waals surface area contributed by atoms with Crippen LogP contribution in [0.5, 0.6) is 0 Å². The third-order valence-electron chi connectivity index (χ3n) is 6.26. The van der Waals surface area contributed by atoms with Crippen molar-refractivity contribution in [1.29, 1.82) is 0 Å². The lowest BCUT2D eigenvalue weighted by Gasteiger charge is -2.57. The highest BCUT2D eigenvalue weighted by Crippen LogP contribution is 2.53. The van der Waals surface area contributed by atoms with Gasteiger partial charge in [0.1, 0.15) is 5.78 Å². The lowest BCUT2D eigenvalue weighted by Crippen LogP contribution is -2.66. The molecule has 2 aliphatic heterocycles. The number of carbonyl (C=O) groups excluding carboxylic acids is 2. The van der Waals surface area contributed by atoms with Crippen LogP contribution < -0.4 is 10.6 Å². The second kappa shape index (κ2) is 5.73. The van der Waals surface area contributed by atoms with Crippen LogP contribution >= 0.6 is 0 Å². The van der Waals surface area contributed by atoms with Gasteiger partial charge in [-0.25, -0.2) is 0 Å². The molecule has 0 unspecified atom stereocenters. The fourth-order valence-electron chi connectivity index (χ4n) is 5.26. The topological polar surface area (TPSA) is 67.4 Å². The Morgan fingerprint density at radius 1 is 1.46 bits per heavy atom. The molecule has 2 heterocycles. The Labute approximate surface area is 142 Å². The fourth-order valence-corrected chi connectivity index (χ4v) is 5.26. The van der Waals surface area contributed by atoms with Crippen LogP contribution in [0.3, 0.4) is 0 Å². The van der Waals surface area contributed by atoms with Gasteiger partial charge in [0.2, 0.25) is 0 Å². The first-order chi connectivity index (χ1) is 11.5. The van der Waals surface area contributed by atoms with E-state index in [2.05, 4.69) is 23.6 Å². The molecular formula is C19H26N2O3. The second-order valence-electron chi connectivity index (χ2n) is 7.62. The van der Waals surface area contributed by atoms with Crippen molar-refractivity contribution in [3.63, 3.8) is 0 Å². The lowest BCUT2D eigenvalue weighted by molar-refractivity contribution is -0.148. The molecular weight excluding hydrogens is 304 g/mol. The zero-order chi connectivity index (χ0) is 16.9. The van der Waals surface area contributed by atoms with Crippen molar-refractivity contribution in [3.05, 3.63) is 23.4 Å². The Morgan fingerprint density at radius 2 is 2.29 bits per heavy atom. The van der Waals surface area contributed by atoms with Crippen LogP contribution in [-0.4, -0.2) is 30.1 Å². The highest BCUT2D eigenvalue weighted by Gasteiger charge is 2.57. The van der Waals surface area contributed by atoms with E-state index < -0.39 is 6.23 Å². The minimum atomic E-state index is -0.416. The van der Waals surface area contributed by atoms with Crippen LogP contribution in [0, 0.1) is 17.8 Å². The summed E-state index contributed by atoms with van der Waals surface area (Å²) in [4.78, 5) is 24.4. The van der Waals surface area contributed by atoms with Gasteiger partial charge in [-0.15, -0.1) is 0 Å². The molecule has 0 spiro atoms. The summed E-state index contributed by atoms with van der Waals surface area (Å²) in [6.07, 6.45) is 7.90. The zero-order valence-electron chi connectivity index (χ0n) is 14.4. The van der Waals surface area contributed by atoms with Crippen molar-refractivity contribution in [3.8, 4) is 0 Å². The number of piperidine rings is 1. The van der Waals surface area contributed by atoms with Gasteiger partial charge in [0.15, 0.2) is 6.23 Å². The molecule has 1 saturated carbocycles. The molecule has 5 heteroatoms. The molecule has 0 amide bonds. The summed E-state index contributed by atoms with van der Waals surface area (Å²) in [5, 5.41) is 7.14. The van der Waals surface area contributed by atoms with Crippen LogP contribution in [0.1, 0.15) is 46.0 Å². The Morgan fingerprint density at radius 3 is 3.08 bits per heavy atom. The van der Waals surface area contributed by atoms with Crippen LogP contribution in [-0.2, 0) is 14.3 Å². The Kier molecular flexibility index (Phi) is 3.79. The molecule has 0 aromatic carbocycles. The Bertz CT molecular complexity index is 639. The molecule has 2 N–H and O–H groups in total. The summed E-state index contributed by atoms with van der Waals surface area (Å²) in [6, 6.07) is 0. The molecule has 1 saturated heterocycles. The minimum Gasteiger partial charge on any atom is -0.438 e. The first kappa shape index (κ1) is 15.9. The molecule has 0 aromatic rings. The van der Waals surface area contributed by atoms with Gasteiger partial charge in [-0.3, -0.25) is 9.59 Å². The smallest absolute Gasteiger partial charge is 0.307 e. The number of nitrogens with one attached hydrogen (secondary N) is 2. The number of hydrogen-bond donors (Lipinski definition) is 2. The van der Waals surface area contributed by atoms with Gasteiger partial charge in [0.05, 0.1) is 0 Å². The number of ether oxygens (including phenoxy) is 1. The highest BCUT2D eigenvalue weighted by atomic mass is 16.6. The largest absolute Gasteiger partial charge is 0.438 e. The Balaban J connectivity index is 1.68. The summed E-state index contributed by atoms with van der Waals surface area (Å²) in [5.74, 6) is 0.782. The van der Waals surface area contributed by atoms with Gasteiger partial charge in [-0.2, -0.15) is 0 Å². The van der Waals surface area contributed by atoms with Crippen molar-refractivity contribution < 1.29 is 14.3 Å². The number of ketones is 1. The number of rotatable bonds is 2. The molecule has 130 valence electrons. The van der Waals surface area contributed by atoms with Crippen molar-refractivity contribution in [2.75, 3.05) is 6.54 Å². The van der Waals surface area contributed by atoms with E-state index in [1.54, 1.807) is 6.92 Å². The normalized spacial score (nSPS) is 40.5. The fraction of sp³-hybridized carbons (Fsp3) is 0.684. The monoisotopic (exact) mass is 330 g/mol. The maximum Gasteiger partial charge on any atom is 0.307 e. The first-order valence-electron chi connectivity index (χ1n) is 9.21. The minimum absolute atomic E-state index is 0.0850. The maximum atomic E-state index is 12.8. The predicted octanol–water partition coefficient (Wildman–Crippen LogP) is 2.05. The quantitative estimate of drug-likeness (QED) is 0.759. The van der Waals surface area contributed by atoms with E-state index >= 15 is 0 Å². The number of carbonyl (C=O) groups is 2. The third kappa shape index (κ3) is 2.25. The Hall–Kier alpha value is -1.62. The number of hydrogen-bond acceptors (Lipinski definition) is 5. The van der Waals surface area contributed by atoms with E-state index in [1.807, 2.05) is 6.08 Å². The first-order valence-corrected chi connectivity index (χ1v) is 9.21. The molecule has 2 fully saturated rings. The van der Waals surface area contributed by atoms with Crippen LogP contribution in [0.25, 0.3) is 0 Å². The van der Waals surface area contributed by atoms with Crippen molar-refractivity contribution >= 4 is 11.8 Å². The zero-order valence-corrected chi connectivity index (χ0v) is 14.4. The molecule has 5 atom stereocenters. The number of dihydropyridines is 1. The van der Waals surface area contributed by atoms with Crippen molar-refractivity contribution in [2.45, 2.75) is 57.7 Å². The molecule has 24 heavy (non-hydrogen) atoms. The van der Waals surface area contributed by atoms with Gasteiger partial charge in [-0.05, 0) is 49.8 Å². The predicted molar refractivity (Wildman–Crippen MR) is 89.8 cm³/mol. The highest BCUT2D eigenvalue weighted by molar-refractivity contribution is 5.86. The van der Waals surface area contributed by atoms with E-state index in [4.69, 9.17) is 4.74 Å². The van der Waals surface area contributed by atoms with E-state index in [0.717, 1.165) is 37.9 Å². The molecule has 4 aliphatic rings. The summed E-state index contributed by atoms with van der Waals surface area (Å²) in [7, 11) is 0. The average Bonchev–Trinajstić information content (AvgIpc) is 2.59. The summed E-state index contributed by atoms with van der Waals surface area (Å²) in [6.45, 7) is 4.87. The van der Waals surface area contributed by atoms with E-state index in [9.17, 15) is 9.59 Å². The van der Waals surface area contributed by atoms with E-state index in [-0.39, 0.29) is 23.3 Å². The van der Waals surface area contributed by atoms with Crippen LogP contribution in [0.2, 0.25) is 0 Å². The van der Waals surface area contributed by atoms with Gasteiger partial charge in [0.25, 0.3) is 0 Å². The van der Waals surface area contributed by atoms with Gasteiger partial charge in [0, 0.05) is 29.5 Å². The van der Waals surface area contributed by atoms with Crippen LogP contribution in [0.4, 0.5) is 0 Å². The maximum absolute atomic E-state index is 12.8. The molecule has 0 radical (unpaired) electrons. The van der Waals surface area contributed by atoms with Gasteiger partial charge >= 0.3 is 5.97 Å². The molecule has 2 bridgehead atoms. The average molecular weight is 330 g/mol. The second-order valence-corrected chi connectivity index (χ2v) is 7.62. The molecule has 0 aromatic heterocycles. The lowest BCUT2D eigenvalue weighted by atomic mass is 9.53. The van der Waals surface area contributed by atoms with E-state index in [1.165, 1.54) is 5.57 Å². The van der Waals surface area contributed by atoms with Crippen molar-refractivity contribution in [1.82, 2.24) is 10.6 Å². The molecule has 4 rings (SSSR count). The summed E-state index contributed by atoms with van der Waals surface area (Å²) >= 11 is 0. The standard InChI is InChI=1S/C19H26N2O3/c1-3-17(22)24-16-7-6-14-15(21-16)9-12-13-5-4-8-20-19(13,14)10-11(2)18(12)23/h6-7,11-13,16,20-21H,3-5,8-10H2,1-2H3/t11-,12-,13-,16-,19+/m0/s1. The number of Topliss-reactive ketones (excluding diaryl/α,β-unsaturated/α-hetero) is 1. The number of esters is 1. The third-order valence-corrected chi connectivity index (χ3v) is 6.26.